The number of allylic oxidation sites excluding steroid dienone is 1. The molecule has 0 radical (unpaired) electrons. The van der Waals surface area contributed by atoms with Crippen LogP contribution < -0.4 is 15.4 Å². The summed E-state index contributed by atoms with van der Waals surface area (Å²) in [5, 5.41) is 5.38. The first-order valence-corrected chi connectivity index (χ1v) is 8.86. The lowest BCUT2D eigenvalue weighted by Crippen LogP contribution is -2.45. The maximum atomic E-state index is 12.5. The van der Waals surface area contributed by atoms with Gasteiger partial charge in [-0.25, -0.2) is 14.4 Å². The molecule has 2 heterocycles. The molecule has 2 N–H and O–H groups in total. The van der Waals surface area contributed by atoms with Crippen LogP contribution in [-0.4, -0.2) is 24.6 Å². The number of ether oxygens (including phenoxy) is 2. The van der Waals surface area contributed by atoms with Gasteiger partial charge in [-0.2, -0.15) is 0 Å². The molecule has 0 spiro atoms. The minimum absolute atomic E-state index is 0.0703. The van der Waals surface area contributed by atoms with Gasteiger partial charge in [0.2, 0.25) is 5.76 Å². The molecule has 0 fully saturated rings. The zero-order valence-electron chi connectivity index (χ0n) is 15.5. The first-order chi connectivity index (χ1) is 13.5. The van der Waals surface area contributed by atoms with Crippen LogP contribution in [0.15, 0.2) is 58.3 Å². The fraction of sp³-hybridized carbons (Fsp3) is 0.250. The van der Waals surface area contributed by atoms with Crippen LogP contribution in [0.3, 0.4) is 0 Å². The Labute approximate surface area is 161 Å². The van der Waals surface area contributed by atoms with Gasteiger partial charge in [-0.15, -0.1) is 0 Å². The van der Waals surface area contributed by atoms with E-state index < -0.39 is 24.0 Å². The van der Waals surface area contributed by atoms with Gasteiger partial charge in [-0.3, -0.25) is 0 Å². The molecule has 28 heavy (non-hydrogen) atoms. The van der Waals surface area contributed by atoms with Gasteiger partial charge in [0, 0.05) is 5.70 Å². The second-order valence-electron chi connectivity index (χ2n) is 5.94. The molecule has 1 unspecified atom stereocenters. The minimum Gasteiger partial charge on any atom is -0.463 e. The third-order valence-electron chi connectivity index (χ3n) is 4.13. The standard InChI is InChI=1S/C20H20N2O6/c1-3-14-16(19(24)26-4-2)17(22-20(25)21-14)12-7-5-8-13(11-12)28-18(23)15-9-6-10-27-15/h5-11,17H,3-4H2,1-2H3,(H2,21,22,25). The highest BCUT2D eigenvalue weighted by Gasteiger charge is 2.33. The van der Waals surface area contributed by atoms with Crippen molar-refractivity contribution < 1.29 is 28.3 Å². The number of carbonyl (C=O) groups is 3. The van der Waals surface area contributed by atoms with E-state index in [4.69, 9.17) is 13.9 Å². The van der Waals surface area contributed by atoms with Crippen LogP contribution in [-0.2, 0) is 9.53 Å². The maximum Gasteiger partial charge on any atom is 0.379 e. The Balaban J connectivity index is 1.93. The van der Waals surface area contributed by atoms with Crippen LogP contribution in [0.1, 0.15) is 42.4 Å². The summed E-state index contributed by atoms with van der Waals surface area (Å²) in [6, 6.07) is 8.51. The van der Waals surface area contributed by atoms with Crippen molar-refractivity contribution in [2.75, 3.05) is 6.61 Å². The van der Waals surface area contributed by atoms with Crippen LogP contribution in [0.2, 0.25) is 0 Å². The number of hydrogen-bond acceptors (Lipinski definition) is 6. The van der Waals surface area contributed by atoms with Crippen molar-refractivity contribution in [3.63, 3.8) is 0 Å². The summed E-state index contributed by atoms with van der Waals surface area (Å²) < 4.78 is 15.5. The molecule has 146 valence electrons. The Morgan fingerprint density at radius 3 is 2.64 bits per heavy atom. The number of furan rings is 1. The molecular weight excluding hydrogens is 364 g/mol. The van der Waals surface area contributed by atoms with Crippen LogP contribution in [0.4, 0.5) is 4.79 Å². The topological polar surface area (TPSA) is 107 Å². The van der Waals surface area contributed by atoms with E-state index >= 15 is 0 Å². The summed E-state index contributed by atoms with van der Waals surface area (Å²) >= 11 is 0. The summed E-state index contributed by atoms with van der Waals surface area (Å²) in [4.78, 5) is 36.7. The van der Waals surface area contributed by atoms with Crippen LogP contribution in [0, 0.1) is 0 Å². The lowest BCUT2D eigenvalue weighted by atomic mass is 9.94. The van der Waals surface area contributed by atoms with Crippen molar-refractivity contribution in [2.45, 2.75) is 26.3 Å². The molecule has 8 heteroatoms. The van der Waals surface area contributed by atoms with Gasteiger partial charge in [-0.05, 0) is 43.2 Å². The highest BCUT2D eigenvalue weighted by molar-refractivity contribution is 5.95. The summed E-state index contributed by atoms with van der Waals surface area (Å²) in [6.45, 7) is 3.75. The third kappa shape index (κ3) is 4.06. The molecule has 3 rings (SSSR count). The molecule has 1 aliphatic heterocycles. The number of rotatable bonds is 6. The number of nitrogens with one attached hydrogen (secondary N) is 2. The van der Waals surface area contributed by atoms with Gasteiger partial charge in [0.15, 0.2) is 0 Å². The fourth-order valence-corrected chi connectivity index (χ4v) is 2.91. The Morgan fingerprint density at radius 2 is 1.96 bits per heavy atom. The van der Waals surface area contributed by atoms with E-state index in [1.54, 1.807) is 37.3 Å². The minimum atomic E-state index is -0.731. The highest BCUT2D eigenvalue weighted by atomic mass is 16.5. The predicted octanol–water partition coefficient (Wildman–Crippen LogP) is 3.08. The SMILES string of the molecule is CCOC(=O)C1=C(CC)NC(=O)NC1c1cccc(OC(=O)c2ccco2)c1. The lowest BCUT2D eigenvalue weighted by Gasteiger charge is -2.29. The van der Waals surface area contributed by atoms with Crippen molar-refractivity contribution in [1.82, 2.24) is 10.6 Å². The fourth-order valence-electron chi connectivity index (χ4n) is 2.91. The molecule has 0 bridgehead atoms. The van der Waals surface area contributed by atoms with Gasteiger partial charge in [0.25, 0.3) is 0 Å². The third-order valence-corrected chi connectivity index (χ3v) is 4.13. The van der Waals surface area contributed by atoms with Crippen LogP contribution >= 0.6 is 0 Å². The van der Waals surface area contributed by atoms with Crippen molar-refractivity contribution in [3.8, 4) is 5.75 Å². The monoisotopic (exact) mass is 384 g/mol. The number of urea groups is 1. The van der Waals surface area contributed by atoms with E-state index in [-0.39, 0.29) is 18.1 Å². The van der Waals surface area contributed by atoms with E-state index in [2.05, 4.69) is 10.6 Å². The Hall–Kier alpha value is -3.55. The quantitative estimate of drug-likeness (QED) is 0.585. The average Bonchev–Trinajstić information content (AvgIpc) is 3.22. The number of benzene rings is 1. The van der Waals surface area contributed by atoms with Crippen LogP contribution in [0.5, 0.6) is 5.75 Å². The first kappa shape index (κ1) is 19.2. The summed E-state index contributed by atoms with van der Waals surface area (Å²) in [6.07, 6.45) is 1.82. The molecule has 1 aliphatic rings. The highest BCUT2D eigenvalue weighted by Crippen LogP contribution is 2.30. The lowest BCUT2D eigenvalue weighted by molar-refractivity contribution is -0.139. The maximum absolute atomic E-state index is 12.5. The molecule has 0 aliphatic carbocycles. The zero-order valence-corrected chi connectivity index (χ0v) is 15.5. The Bertz CT molecular complexity index is 917. The van der Waals surface area contributed by atoms with E-state index in [0.717, 1.165) is 0 Å². The van der Waals surface area contributed by atoms with E-state index in [9.17, 15) is 14.4 Å². The van der Waals surface area contributed by atoms with Gasteiger partial charge >= 0.3 is 18.0 Å². The largest absolute Gasteiger partial charge is 0.463 e. The van der Waals surface area contributed by atoms with Crippen molar-refractivity contribution >= 4 is 18.0 Å². The number of esters is 2. The molecule has 1 atom stereocenters. The molecule has 2 aromatic rings. The smallest absolute Gasteiger partial charge is 0.379 e. The Morgan fingerprint density at radius 1 is 1.14 bits per heavy atom. The van der Waals surface area contributed by atoms with Gasteiger partial charge in [-0.1, -0.05) is 19.1 Å². The van der Waals surface area contributed by atoms with Crippen LogP contribution in [0.25, 0.3) is 0 Å². The first-order valence-electron chi connectivity index (χ1n) is 8.86. The van der Waals surface area contributed by atoms with Gasteiger partial charge in [0.1, 0.15) is 5.75 Å². The molecule has 2 amide bonds. The number of carbonyl (C=O) groups excluding carboxylic acids is 3. The molecule has 1 aromatic heterocycles. The molecular formula is C20H20N2O6. The molecule has 1 aromatic carbocycles. The summed E-state index contributed by atoms with van der Waals surface area (Å²) in [5.74, 6) is -0.837. The zero-order chi connectivity index (χ0) is 20.1. The number of hydrogen-bond donors (Lipinski definition) is 2. The van der Waals surface area contributed by atoms with E-state index in [1.165, 1.54) is 12.3 Å². The molecule has 0 saturated heterocycles. The van der Waals surface area contributed by atoms with Gasteiger partial charge < -0.3 is 24.5 Å². The Kier molecular flexibility index (Phi) is 5.78. The number of amides is 2. The normalized spacial score (nSPS) is 16.2. The van der Waals surface area contributed by atoms with E-state index in [0.29, 0.717) is 23.3 Å². The van der Waals surface area contributed by atoms with Crippen molar-refractivity contribution in [2.24, 2.45) is 0 Å². The van der Waals surface area contributed by atoms with Crippen molar-refractivity contribution in [1.29, 1.82) is 0 Å². The second-order valence-corrected chi connectivity index (χ2v) is 5.94. The summed E-state index contributed by atoms with van der Waals surface area (Å²) in [7, 11) is 0. The predicted molar refractivity (Wildman–Crippen MR) is 98.5 cm³/mol. The second kappa shape index (κ2) is 8.43. The summed E-state index contributed by atoms with van der Waals surface area (Å²) in [5.41, 5.74) is 1.39. The van der Waals surface area contributed by atoms with E-state index in [1.807, 2.05) is 6.92 Å². The average molecular weight is 384 g/mol. The van der Waals surface area contributed by atoms with Crippen molar-refractivity contribution in [3.05, 3.63) is 65.3 Å². The molecule has 8 nitrogen and oxygen atoms in total. The van der Waals surface area contributed by atoms with Gasteiger partial charge in [0.05, 0.1) is 24.5 Å². The molecule has 0 saturated carbocycles.